The van der Waals surface area contributed by atoms with Crippen LogP contribution >= 0.6 is 23.2 Å². The van der Waals surface area contributed by atoms with Gasteiger partial charge in [0.25, 0.3) is 0 Å². The SMILES string of the molecule is CC[C@@H](NC(C)=O)c1cc(F)c(Cl)cc1C1CCNCC1.CC[C@H](NC(C)=O)c1cc(F)c(Cl)cc1C1CCNCC1. The second-order valence-corrected chi connectivity index (χ2v) is 12.0. The van der Waals surface area contributed by atoms with E-state index in [1.807, 2.05) is 13.8 Å². The van der Waals surface area contributed by atoms with Gasteiger partial charge in [0.15, 0.2) is 0 Å². The first-order chi connectivity index (χ1) is 20.0. The lowest BCUT2D eigenvalue weighted by Gasteiger charge is -2.28. The average Bonchev–Trinajstić information content (AvgIpc) is 2.98. The predicted molar refractivity (Wildman–Crippen MR) is 166 cm³/mol. The van der Waals surface area contributed by atoms with Crippen LogP contribution < -0.4 is 21.3 Å². The van der Waals surface area contributed by atoms with Crippen molar-refractivity contribution < 1.29 is 18.4 Å². The summed E-state index contributed by atoms with van der Waals surface area (Å²) in [7, 11) is 0. The fourth-order valence-corrected chi connectivity index (χ4v) is 6.37. The molecule has 2 heterocycles. The molecule has 2 amide bonds. The van der Waals surface area contributed by atoms with E-state index < -0.39 is 11.6 Å². The molecule has 2 aliphatic heterocycles. The Morgan fingerprint density at radius 2 is 1.07 bits per heavy atom. The molecule has 4 N–H and O–H groups in total. The Morgan fingerprint density at radius 1 is 0.738 bits per heavy atom. The Kier molecular flexibility index (Phi) is 13.5. The lowest BCUT2D eigenvalue weighted by Crippen LogP contribution is -2.30. The van der Waals surface area contributed by atoms with Crippen LogP contribution in [-0.4, -0.2) is 38.0 Å². The number of hydrogen-bond donors (Lipinski definition) is 4. The smallest absolute Gasteiger partial charge is 0.217 e. The Labute approximate surface area is 258 Å². The van der Waals surface area contributed by atoms with Gasteiger partial charge in [-0.1, -0.05) is 37.0 Å². The Morgan fingerprint density at radius 3 is 1.36 bits per heavy atom. The highest BCUT2D eigenvalue weighted by atomic mass is 35.5. The highest BCUT2D eigenvalue weighted by molar-refractivity contribution is 6.31. The summed E-state index contributed by atoms with van der Waals surface area (Å²) in [5.74, 6) is -0.326. The van der Waals surface area contributed by atoms with E-state index >= 15 is 0 Å². The third-order valence-corrected chi connectivity index (χ3v) is 8.71. The minimum absolute atomic E-state index is 0.103. The molecule has 0 bridgehead atoms. The maximum absolute atomic E-state index is 13.9. The van der Waals surface area contributed by atoms with Crippen LogP contribution in [0.5, 0.6) is 0 Å². The highest BCUT2D eigenvalue weighted by Gasteiger charge is 2.25. The molecule has 2 aliphatic rings. The molecule has 4 rings (SSSR count). The molecule has 2 atom stereocenters. The first-order valence-electron chi connectivity index (χ1n) is 15.0. The molecular weight excluding hydrogens is 581 g/mol. The van der Waals surface area contributed by atoms with Crippen molar-refractivity contribution in [2.75, 3.05) is 26.2 Å². The standard InChI is InChI=1S/2C16H22ClFN2O/c2*1-3-16(20-10(2)21)13-9-15(18)14(17)8-12(13)11-4-6-19-7-5-11/h2*8-9,11,16,19H,3-7H2,1-2H3,(H,20,21)/t2*16-/m10/s1. The lowest BCUT2D eigenvalue weighted by atomic mass is 9.84. The first kappa shape index (κ1) is 34.2. The van der Waals surface area contributed by atoms with Crippen LogP contribution in [0.25, 0.3) is 0 Å². The predicted octanol–water partition coefficient (Wildman–Crippen LogP) is 7.07. The van der Waals surface area contributed by atoms with Crippen LogP contribution in [0.1, 0.15) is 112 Å². The van der Waals surface area contributed by atoms with Crippen molar-refractivity contribution in [1.29, 1.82) is 0 Å². The number of benzene rings is 2. The van der Waals surface area contributed by atoms with Crippen LogP contribution in [0, 0.1) is 11.6 Å². The summed E-state index contributed by atoms with van der Waals surface area (Å²) in [6.45, 7) is 10.8. The minimum Gasteiger partial charge on any atom is -0.350 e. The summed E-state index contributed by atoms with van der Waals surface area (Å²) < 4.78 is 27.8. The van der Waals surface area contributed by atoms with E-state index in [9.17, 15) is 18.4 Å². The van der Waals surface area contributed by atoms with Gasteiger partial charge >= 0.3 is 0 Å². The zero-order chi connectivity index (χ0) is 30.8. The van der Waals surface area contributed by atoms with Crippen LogP contribution in [0.4, 0.5) is 8.78 Å². The molecule has 0 radical (unpaired) electrons. The molecule has 0 aromatic heterocycles. The largest absolute Gasteiger partial charge is 0.350 e. The average molecular weight is 626 g/mol. The van der Waals surface area contributed by atoms with E-state index in [0.717, 1.165) is 87.0 Å². The second kappa shape index (κ2) is 16.6. The summed E-state index contributed by atoms with van der Waals surface area (Å²) in [6.07, 6.45) is 5.46. The van der Waals surface area contributed by atoms with E-state index in [-0.39, 0.29) is 33.9 Å². The molecule has 0 aliphatic carbocycles. The molecule has 2 aromatic rings. The van der Waals surface area contributed by atoms with E-state index in [1.54, 1.807) is 12.1 Å². The van der Waals surface area contributed by atoms with Crippen LogP contribution in [0.3, 0.4) is 0 Å². The van der Waals surface area contributed by atoms with Gasteiger partial charge in [0.1, 0.15) is 11.6 Å². The minimum atomic E-state index is -0.423. The van der Waals surface area contributed by atoms with Crippen molar-refractivity contribution >= 4 is 35.0 Å². The molecule has 2 fully saturated rings. The molecule has 0 spiro atoms. The quantitative estimate of drug-likeness (QED) is 0.253. The number of piperidine rings is 2. The third-order valence-electron chi connectivity index (χ3n) is 8.13. The van der Waals surface area contributed by atoms with Crippen LogP contribution in [0.15, 0.2) is 24.3 Å². The number of carbonyl (C=O) groups excluding carboxylic acids is 2. The van der Waals surface area contributed by atoms with Gasteiger partial charge in [-0.25, -0.2) is 8.78 Å². The van der Waals surface area contributed by atoms with E-state index in [1.165, 1.54) is 26.0 Å². The number of nitrogens with one attached hydrogen (secondary N) is 4. The monoisotopic (exact) mass is 624 g/mol. The fraction of sp³-hybridized carbons (Fsp3) is 0.562. The molecule has 2 saturated heterocycles. The van der Waals surface area contributed by atoms with Crippen molar-refractivity contribution in [3.05, 3.63) is 68.2 Å². The lowest BCUT2D eigenvalue weighted by molar-refractivity contribution is -0.120. The molecule has 42 heavy (non-hydrogen) atoms. The van der Waals surface area contributed by atoms with Crippen molar-refractivity contribution in [2.45, 2.75) is 90.1 Å². The molecule has 232 valence electrons. The summed E-state index contributed by atoms with van der Waals surface area (Å²) >= 11 is 12.0. The van der Waals surface area contributed by atoms with Crippen molar-refractivity contribution in [2.24, 2.45) is 0 Å². The first-order valence-corrected chi connectivity index (χ1v) is 15.7. The normalized spacial score (nSPS) is 17.5. The zero-order valence-electron chi connectivity index (χ0n) is 25.0. The van der Waals surface area contributed by atoms with Gasteiger partial charge in [-0.3, -0.25) is 9.59 Å². The van der Waals surface area contributed by atoms with Gasteiger partial charge in [-0.05, 0) is 123 Å². The van der Waals surface area contributed by atoms with Gasteiger partial charge in [0.2, 0.25) is 11.8 Å². The molecule has 6 nitrogen and oxygen atoms in total. The molecule has 2 aromatic carbocycles. The summed E-state index contributed by atoms with van der Waals surface area (Å²) in [5.41, 5.74) is 3.87. The molecular formula is C32H44Cl2F2N4O2. The fourth-order valence-electron chi connectivity index (χ4n) is 6.02. The molecule has 10 heteroatoms. The highest BCUT2D eigenvalue weighted by Crippen LogP contribution is 2.37. The summed E-state index contributed by atoms with van der Waals surface area (Å²) in [5, 5.41) is 12.8. The van der Waals surface area contributed by atoms with Crippen molar-refractivity contribution in [1.82, 2.24) is 21.3 Å². The third kappa shape index (κ3) is 9.37. The van der Waals surface area contributed by atoms with E-state index in [4.69, 9.17) is 23.2 Å². The number of rotatable bonds is 8. The number of hydrogen-bond acceptors (Lipinski definition) is 4. The van der Waals surface area contributed by atoms with Gasteiger partial charge in [0, 0.05) is 13.8 Å². The van der Waals surface area contributed by atoms with Crippen molar-refractivity contribution in [3.63, 3.8) is 0 Å². The summed E-state index contributed by atoms with van der Waals surface area (Å²) in [4.78, 5) is 22.8. The Balaban J connectivity index is 0.000000230. The van der Waals surface area contributed by atoms with Crippen LogP contribution in [-0.2, 0) is 9.59 Å². The molecule has 0 saturated carbocycles. The van der Waals surface area contributed by atoms with Gasteiger partial charge in [-0.2, -0.15) is 0 Å². The zero-order valence-corrected chi connectivity index (χ0v) is 26.5. The van der Waals surface area contributed by atoms with Crippen molar-refractivity contribution in [3.8, 4) is 0 Å². The number of carbonyl (C=O) groups is 2. The van der Waals surface area contributed by atoms with Crippen LogP contribution in [0.2, 0.25) is 10.0 Å². The van der Waals surface area contributed by atoms with Gasteiger partial charge < -0.3 is 21.3 Å². The van der Waals surface area contributed by atoms with Gasteiger partial charge in [-0.15, -0.1) is 0 Å². The van der Waals surface area contributed by atoms with E-state index in [2.05, 4.69) is 21.3 Å². The number of amides is 2. The summed E-state index contributed by atoms with van der Waals surface area (Å²) in [6, 6.07) is 6.13. The Hall–Kier alpha value is -2.26. The van der Waals surface area contributed by atoms with Gasteiger partial charge in [0.05, 0.1) is 22.1 Å². The maximum Gasteiger partial charge on any atom is 0.217 e. The molecule has 0 unspecified atom stereocenters. The topological polar surface area (TPSA) is 82.3 Å². The second-order valence-electron chi connectivity index (χ2n) is 11.2. The number of halogens is 4. The maximum atomic E-state index is 13.9. The Bertz CT molecular complexity index is 1120. The van der Waals surface area contributed by atoms with E-state index in [0.29, 0.717) is 11.8 Å².